The SMILES string of the molecule is Cc1nsc(Nc2cnn(Cc3ccccc3)c2)c1C#N. The molecule has 1 N–H and O–H groups in total. The van der Waals surface area contributed by atoms with Crippen molar-refractivity contribution in [1.82, 2.24) is 14.2 Å². The summed E-state index contributed by atoms with van der Waals surface area (Å²) in [5, 5.41) is 17.4. The lowest BCUT2D eigenvalue weighted by Gasteiger charge is -2.01. The molecule has 0 aliphatic carbocycles. The first-order chi connectivity index (χ1) is 10.3. The first-order valence-corrected chi connectivity index (χ1v) is 7.23. The summed E-state index contributed by atoms with van der Waals surface area (Å²) in [6.07, 6.45) is 3.67. The molecule has 2 heterocycles. The standard InChI is InChI=1S/C15H13N5S/c1-11-14(7-16)15(21-19-11)18-13-8-17-20(10-13)9-12-5-3-2-4-6-12/h2-6,8,10,18H,9H2,1H3. The smallest absolute Gasteiger partial charge is 0.132 e. The van der Waals surface area contributed by atoms with Gasteiger partial charge in [0.1, 0.15) is 16.6 Å². The number of aryl methyl sites for hydroxylation is 1. The highest BCUT2D eigenvalue weighted by molar-refractivity contribution is 7.10. The van der Waals surface area contributed by atoms with Gasteiger partial charge in [0.15, 0.2) is 0 Å². The number of hydrogen-bond donors (Lipinski definition) is 1. The van der Waals surface area contributed by atoms with Crippen LogP contribution in [0.4, 0.5) is 10.7 Å². The Labute approximate surface area is 126 Å². The fourth-order valence-corrected chi connectivity index (χ4v) is 2.77. The van der Waals surface area contributed by atoms with Crippen molar-refractivity contribution in [2.75, 3.05) is 5.32 Å². The zero-order valence-corrected chi connectivity index (χ0v) is 12.3. The minimum absolute atomic E-state index is 0.593. The lowest BCUT2D eigenvalue weighted by atomic mass is 10.2. The molecule has 21 heavy (non-hydrogen) atoms. The van der Waals surface area contributed by atoms with Crippen LogP contribution in [0.5, 0.6) is 0 Å². The van der Waals surface area contributed by atoms with Crippen LogP contribution in [0.3, 0.4) is 0 Å². The number of nitrogens with zero attached hydrogens (tertiary/aromatic N) is 4. The van der Waals surface area contributed by atoms with Gasteiger partial charge in [-0.25, -0.2) is 0 Å². The molecule has 0 unspecified atom stereocenters. The molecule has 0 atom stereocenters. The number of hydrogen-bond acceptors (Lipinski definition) is 5. The first-order valence-electron chi connectivity index (χ1n) is 6.46. The second-order valence-corrected chi connectivity index (χ2v) is 5.39. The van der Waals surface area contributed by atoms with Crippen molar-refractivity contribution in [3.8, 4) is 6.07 Å². The predicted molar refractivity (Wildman–Crippen MR) is 82.6 cm³/mol. The summed E-state index contributed by atoms with van der Waals surface area (Å²) in [5.41, 5.74) is 3.39. The van der Waals surface area contributed by atoms with Gasteiger partial charge < -0.3 is 5.32 Å². The molecule has 104 valence electrons. The van der Waals surface area contributed by atoms with Gasteiger partial charge in [-0.3, -0.25) is 4.68 Å². The minimum atomic E-state index is 0.593. The second kappa shape index (κ2) is 5.77. The molecule has 0 radical (unpaired) electrons. The Morgan fingerprint density at radius 2 is 2.14 bits per heavy atom. The lowest BCUT2D eigenvalue weighted by molar-refractivity contribution is 0.687. The Bertz CT molecular complexity index is 782. The van der Waals surface area contributed by atoms with E-state index in [0.29, 0.717) is 5.56 Å². The molecular formula is C15H13N5S. The molecule has 1 aromatic carbocycles. The van der Waals surface area contributed by atoms with Crippen LogP contribution in [0.25, 0.3) is 0 Å². The van der Waals surface area contributed by atoms with E-state index < -0.39 is 0 Å². The first kappa shape index (κ1) is 13.3. The molecule has 2 aromatic heterocycles. The molecular weight excluding hydrogens is 282 g/mol. The molecule has 6 heteroatoms. The molecule has 0 bridgehead atoms. The van der Waals surface area contributed by atoms with Gasteiger partial charge in [0.2, 0.25) is 0 Å². The average molecular weight is 295 g/mol. The molecule has 0 fully saturated rings. The summed E-state index contributed by atoms with van der Waals surface area (Å²) in [4.78, 5) is 0. The highest BCUT2D eigenvalue weighted by Crippen LogP contribution is 2.26. The molecule has 5 nitrogen and oxygen atoms in total. The van der Waals surface area contributed by atoms with E-state index in [4.69, 9.17) is 5.26 Å². The third kappa shape index (κ3) is 2.93. The van der Waals surface area contributed by atoms with Crippen LogP contribution < -0.4 is 5.32 Å². The van der Waals surface area contributed by atoms with Crippen molar-refractivity contribution in [2.24, 2.45) is 0 Å². The zero-order valence-electron chi connectivity index (χ0n) is 11.4. The Kier molecular flexibility index (Phi) is 3.67. The molecule has 0 aliphatic rings. The highest BCUT2D eigenvalue weighted by atomic mass is 32.1. The molecule has 0 saturated heterocycles. The van der Waals surface area contributed by atoms with Crippen molar-refractivity contribution in [1.29, 1.82) is 5.26 Å². The van der Waals surface area contributed by atoms with Gasteiger partial charge in [0.05, 0.1) is 24.1 Å². The third-order valence-corrected chi connectivity index (χ3v) is 3.91. The summed E-state index contributed by atoms with van der Waals surface area (Å²) in [5.74, 6) is 0. The van der Waals surface area contributed by atoms with Gasteiger partial charge in [-0.05, 0) is 24.0 Å². The molecule has 0 saturated carbocycles. The number of rotatable bonds is 4. The summed E-state index contributed by atoms with van der Waals surface area (Å²) in [6.45, 7) is 2.55. The van der Waals surface area contributed by atoms with Crippen molar-refractivity contribution in [3.05, 3.63) is 59.5 Å². The van der Waals surface area contributed by atoms with E-state index in [1.54, 1.807) is 6.20 Å². The van der Waals surface area contributed by atoms with Gasteiger partial charge in [-0.2, -0.15) is 14.7 Å². The Morgan fingerprint density at radius 3 is 2.90 bits per heavy atom. The highest BCUT2D eigenvalue weighted by Gasteiger charge is 2.10. The fraction of sp³-hybridized carbons (Fsp3) is 0.133. The van der Waals surface area contributed by atoms with Gasteiger partial charge >= 0.3 is 0 Å². The zero-order chi connectivity index (χ0) is 14.7. The molecule has 0 amide bonds. The maximum absolute atomic E-state index is 9.12. The number of nitriles is 1. The topological polar surface area (TPSA) is 66.5 Å². The monoisotopic (exact) mass is 295 g/mol. The van der Waals surface area contributed by atoms with Gasteiger partial charge in [-0.15, -0.1) is 0 Å². The second-order valence-electron chi connectivity index (χ2n) is 4.62. The van der Waals surface area contributed by atoms with Crippen LogP contribution >= 0.6 is 11.5 Å². The van der Waals surface area contributed by atoms with E-state index in [9.17, 15) is 0 Å². The summed E-state index contributed by atoms with van der Waals surface area (Å²) < 4.78 is 6.05. The molecule has 3 rings (SSSR count). The van der Waals surface area contributed by atoms with Crippen LogP contribution in [-0.2, 0) is 6.54 Å². The van der Waals surface area contributed by atoms with Gasteiger partial charge in [-0.1, -0.05) is 30.3 Å². The average Bonchev–Trinajstić information content (AvgIpc) is 3.07. The van der Waals surface area contributed by atoms with Gasteiger partial charge in [0.25, 0.3) is 0 Å². The van der Waals surface area contributed by atoms with E-state index in [2.05, 4.69) is 33.0 Å². The van der Waals surface area contributed by atoms with E-state index in [-0.39, 0.29) is 0 Å². The largest absolute Gasteiger partial charge is 0.342 e. The van der Waals surface area contributed by atoms with Crippen LogP contribution in [0.1, 0.15) is 16.8 Å². The van der Waals surface area contributed by atoms with Crippen molar-refractivity contribution < 1.29 is 0 Å². The third-order valence-electron chi connectivity index (χ3n) is 3.05. The fourth-order valence-electron chi connectivity index (χ4n) is 2.00. The Morgan fingerprint density at radius 1 is 1.33 bits per heavy atom. The number of nitrogens with one attached hydrogen (secondary N) is 1. The van der Waals surface area contributed by atoms with E-state index in [1.807, 2.05) is 36.0 Å². The molecule has 0 aliphatic heterocycles. The van der Waals surface area contributed by atoms with Crippen LogP contribution in [0.15, 0.2) is 42.7 Å². The Balaban J connectivity index is 1.75. The Hall–Kier alpha value is -2.65. The predicted octanol–water partition coefficient (Wildman–Crippen LogP) is 3.31. The van der Waals surface area contributed by atoms with E-state index >= 15 is 0 Å². The number of benzene rings is 1. The number of anilines is 2. The lowest BCUT2D eigenvalue weighted by Crippen LogP contribution is -1.99. The minimum Gasteiger partial charge on any atom is -0.342 e. The molecule has 3 aromatic rings. The molecule has 0 spiro atoms. The van der Waals surface area contributed by atoms with Crippen molar-refractivity contribution in [3.63, 3.8) is 0 Å². The summed E-state index contributed by atoms with van der Waals surface area (Å²) >= 11 is 1.29. The van der Waals surface area contributed by atoms with E-state index in [0.717, 1.165) is 22.9 Å². The summed E-state index contributed by atoms with van der Waals surface area (Å²) in [7, 11) is 0. The summed E-state index contributed by atoms with van der Waals surface area (Å²) in [6, 6.07) is 12.3. The maximum atomic E-state index is 9.12. The van der Waals surface area contributed by atoms with Crippen molar-refractivity contribution in [2.45, 2.75) is 13.5 Å². The van der Waals surface area contributed by atoms with Crippen LogP contribution in [0.2, 0.25) is 0 Å². The van der Waals surface area contributed by atoms with Crippen LogP contribution in [-0.4, -0.2) is 14.2 Å². The quantitative estimate of drug-likeness (QED) is 0.802. The van der Waals surface area contributed by atoms with Crippen molar-refractivity contribution >= 4 is 22.2 Å². The maximum Gasteiger partial charge on any atom is 0.132 e. The number of aromatic nitrogens is 3. The van der Waals surface area contributed by atoms with Crippen LogP contribution in [0, 0.1) is 18.3 Å². The van der Waals surface area contributed by atoms with Gasteiger partial charge in [0, 0.05) is 6.20 Å². The van der Waals surface area contributed by atoms with E-state index in [1.165, 1.54) is 17.1 Å². The normalized spacial score (nSPS) is 10.3.